The molecule has 2 aromatic carbocycles. The third-order valence-corrected chi connectivity index (χ3v) is 5.32. The zero-order valence-corrected chi connectivity index (χ0v) is 14.3. The summed E-state index contributed by atoms with van der Waals surface area (Å²) < 4.78 is 2.78. The molecule has 3 heterocycles. The van der Waals surface area contributed by atoms with E-state index in [2.05, 4.69) is 20.6 Å². The van der Waals surface area contributed by atoms with Gasteiger partial charge in [0.25, 0.3) is 0 Å². The van der Waals surface area contributed by atoms with Crippen molar-refractivity contribution in [2.24, 2.45) is 0 Å². The van der Waals surface area contributed by atoms with Crippen molar-refractivity contribution in [3.05, 3.63) is 48.5 Å². The van der Waals surface area contributed by atoms with Gasteiger partial charge in [-0.15, -0.1) is 0 Å². The first-order valence-corrected chi connectivity index (χ1v) is 8.94. The lowest BCUT2D eigenvalue weighted by atomic mass is 10.1. The molecule has 0 bridgehead atoms. The number of benzene rings is 2. The van der Waals surface area contributed by atoms with Crippen LogP contribution in [0.1, 0.15) is 12.5 Å². The molecule has 2 N–H and O–H groups in total. The van der Waals surface area contributed by atoms with E-state index >= 15 is 0 Å². The molecule has 0 fully saturated rings. The largest absolute Gasteiger partial charge is 0.300 e. The van der Waals surface area contributed by atoms with Crippen molar-refractivity contribution < 1.29 is 9.59 Å². The third kappa shape index (κ3) is 2.34. The summed E-state index contributed by atoms with van der Waals surface area (Å²) >= 11 is 1.41. The maximum atomic E-state index is 12.9. The Morgan fingerprint density at radius 2 is 1.88 bits per heavy atom. The second-order valence-electron chi connectivity index (χ2n) is 6.04. The van der Waals surface area contributed by atoms with E-state index in [4.69, 9.17) is 0 Å². The van der Waals surface area contributed by atoms with Crippen LogP contribution in [-0.2, 0) is 9.59 Å². The second kappa shape index (κ2) is 5.63. The van der Waals surface area contributed by atoms with Crippen LogP contribution in [0.3, 0.4) is 0 Å². The number of anilines is 2. The molecule has 4 aromatic rings. The van der Waals surface area contributed by atoms with E-state index in [0.717, 1.165) is 21.3 Å². The van der Waals surface area contributed by atoms with Crippen LogP contribution in [0.25, 0.3) is 21.3 Å². The number of carbonyl (C=O) groups is 2. The number of aromatic nitrogens is 3. The molecule has 0 radical (unpaired) electrons. The predicted molar refractivity (Wildman–Crippen MR) is 100 cm³/mol. The number of hydrogen-bond acceptors (Lipinski definition) is 5. The van der Waals surface area contributed by atoms with Crippen LogP contribution < -0.4 is 10.6 Å². The highest BCUT2D eigenvalue weighted by Gasteiger charge is 2.33. The van der Waals surface area contributed by atoms with E-state index < -0.39 is 6.04 Å². The molecule has 0 spiro atoms. The number of rotatable bonds is 2. The zero-order valence-electron chi connectivity index (χ0n) is 13.5. The summed E-state index contributed by atoms with van der Waals surface area (Å²) in [5, 5.41) is 6.12. The third-order valence-electron chi connectivity index (χ3n) is 4.36. The molecule has 0 saturated heterocycles. The molecule has 128 valence electrons. The minimum Gasteiger partial charge on any atom is -0.300 e. The fourth-order valence-electron chi connectivity index (χ4n) is 3.22. The van der Waals surface area contributed by atoms with Gasteiger partial charge in [-0.2, -0.15) is 0 Å². The van der Waals surface area contributed by atoms with Gasteiger partial charge in [-0.3, -0.25) is 19.5 Å². The minimum atomic E-state index is -0.668. The molecule has 1 unspecified atom stereocenters. The number of imidazole rings is 1. The van der Waals surface area contributed by atoms with Gasteiger partial charge in [0.2, 0.25) is 17.8 Å². The Bertz CT molecular complexity index is 1150. The average Bonchev–Trinajstić information content (AvgIpc) is 3.20. The molecule has 0 saturated carbocycles. The Kier molecular flexibility index (Phi) is 3.26. The normalized spacial score (nSPS) is 16.5. The number of para-hydroxylation sites is 3. The molecule has 8 heteroatoms. The summed E-state index contributed by atoms with van der Waals surface area (Å²) in [6, 6.07) is 14.5. The molecule has 1 atom stereocenters. The lowest BCUT2D eigenvalue weighted by Gasteiger charge is -2.24. The SMILES string of the molecule is O=C1CC(C(=O)Nc2nc3ccccc3s2)n2c(nc3ccccc32)N1. The van der Waals surface area contributed by atoms with Crippen molar-refractivity contribution in [3.63, 3.8) is 0 Å². The minimum absolute atomic E-state index is 0.0596. The van der Waals surface area contributed by atoms with Crippen molar-refractivity contribution in [2.45, 2.75) is 12.5 Å². The van der Waals surface area contributed by atoms with Gasteiger partial charge in [-0.25, -0.2) is 9.97 Å². The maximum absolute atomic E-state index is 12.9. The topological polar surface area (TPSA) is 88.9 Å². The van der Waals surface area contributed by atoms with Crippen molar-refractivity contribution in [3.8, 4) is 0 Å². The van der Waals surface area contributed by atoms with Gasteiger partial charge in [0, 0.05) is 0 Å². The number of nitrogens with zero attached hydrogens (tertiary/aromatic N) is 3. The Labute approximate surface area is 151 Å². The number of hydrogen-bond donors (Lipinski definition) is 2. The summed E-state index contributed by atoms with van der Waals surface area (Å²) in [7, 11) is 0. The lowest BCUT2D eigenvalue weighted by Crippen LogP contribution is -2.35. The van der Waals surface area contributed by atoms with Crippen LogP contribution in [0.15, 0.2) is 48.5 Å². The number of amides is 2. The van der Waals surface area contributed by atoms with E-state index in [9.17, 15) is 9.59 Å². The van der Waals surface area contributed by atoms with Gasteiger partial charge in [0.05, 0.1) is 27.7 Å². The van der Waals surface area contributed by atoms with Crippen LogP contribution in [-0.4, -0.2) is 26.3 Å². The van der Waals surface area contributed by atoms with Crippen molar-refractivity contribution in [2.75, 3.05) is 10.6 Å². The summed E-state index contributed by atoms with van der Waals surface area (Å²) in [6.45, 7) is 0. The fourth-order valence-corrected chi connectivity index (χ4v) is 4.08. The highest BCUT2D eigenvalue weighted by atomic mass is 32.1. The summed E-state index contributed by atoms with van der Waals surface area (Å²) in [6.07, 6.45) is 0.0596. The van der Waals surface area contributed by atoms with Crippen LogP contribution >= 0.6 is 11.3 Å². The van der Waals surface area contributed by atoms with Crippen molar-refractivity contribution >= 4 is 55.5 Å². The standard InChI is InChI=1S/C18H13N5O2S/c24-15-9-13(23-12-7-3-1-5-10(12)19-17(23)21-15)16(25)22-18-20-11-6-2-4-8-14(11)26-18/h1-8,13H,9H2,(H,19,21,24)(H,20,22,25). The van der Waals surface area contributed by atoms with Gasteiger partial charge in [0.1, 0.15) is 6.04 Å². The van der Waals surface area contributed by atoms with Crippen LogP contribution in [0.5, 0.6) is 0 Å². The van der Waals surface area contributed by atoms with Gasteiger partial charge in [-0.05, 0) is 24.3 Å². The molecule has 2 amide bonds. The Morgan fingerprint density at radius 1 is 1.12 bits per heavy atom. The first-order valence-electron chi connectivity index (χ1n) is 8.12. The zero-order chi connectivity index (χ0) is 17.7. The predicted octanol–water partition coefficient (Wildman–Crippen LogP) is 3.17. The maximum Gasteiger partial charge on any atom is 0.249 e. The number of fused-ring (bicyclic) bond motifs is 4. The Balaban J connectivity index is 1.53. The van der Waals surface area contributed by atoms with Gasteiger partial charge < -0.3 is 5.32 Å². The van der Waals surface area contributed by atoms with Crippen LogP contribution in [0.4, 0.5) is 11.1 Å². The molecule has 26 heavy (non-hydrogen) atoms. The summed E-state index contributed by atoms with van der Waals surface area (Å²) in [5.41, 5.74) is 2.39. The van der Waals surface area contributed by atoms with E-state index in [1.165, 1.54) is 11.3 Å². The Morgan fingerprint density at radius 3 is 2.73 bits per heavy atom. The average molecular weight is 363 g/mol. The fraction of sp³-hybridized carbons (Fsp3) is 0.111. The molecule has 7 nitrogen and oxygen atoms in total. The molecule has 2 aromatic heterocycles. The quantitative estimate of drug-likeness (QED) is 0.572. The van der Waals surface area contributed by atoms with Crippen LogP contribution in [0, 0.1) is 0 Å². The molecular formula is C18H13N5O2S. The van der Waals surface area contributed by atoms with Crippen molar-refractivity contribution in [1.29, 1.82) is 0 Å². The summed E-state index contributed by atoms with van der Waals surface area (Å²) in [5.74, 6) is -0.104. The van der Waals surface area contributed by atoms with E-state index in [1.54, 1.807) is 4.57 Å². The van der Waals surface area contributed by atoms with Gasteiger partial charge >= 0.3 is 0 Å². The van der Waals surface area contributed by atoms with E-state index in [0.29, 0.717) is 11.1 Å². The monoisotopic (exact) mass is 363 g/mol. The Hall–Kier alpha value is -3.26. The molecule has 5 rings (SSSR count). The highest BCUT2D eigenvalue weighted by molar-refractivity contribution is 7.22. The van der Waals surface area contributed by atoms with Gasteiger partial charge in [0.15, 0.2) is 5.13 Å². The number of carbonyl (C=O) groups excluding carboxylic acids is 2. The molecular weight excluding hydrogens is 350 g/mol. The molecule has 1 aliphatic rings. The number of thiazole rings is 1. The molecule has 0 aliphatic carbocycles. The van der Waals surface area contributed by atoms with Crippen LogP contribution in [0.2, 0.25) is 0 Å². The van der Waals surface area contributed by atoms with Crippen molar-refractivity contribution in [1.82, 2.24) is 14.5 Å². The molecule has 1 aliphatic heterocycles. The van der Waals surface area contributed by atoms with E-state index in [1.807, 2.05) is 48.5 Å². The summed E-state index contributed by atoms with van der Waals surface area (Å²) in [4.78, 5) is 33.8. The smallest absolute Gasteiger partial charge is 0.249 e. The van der Waals surface area contributed by atoms with Gasteiger partial charge in [-0.1, -0.05) is 35.6 Å². The second-order valence-corrected chi connectivity index (χ2v) is 7.07. The van der Waals surface area contributed by atoms with E-state index in [-0.39, 0.29) is 18.2 Å². The number of nitrogens with one attached hydrogen (secondary N) is 2. The first kappa shape index (κ1) is 15.0. The first-order chi connectivity index (χ1) is 12.7. The highest BCUT2D eigenvalue weighted by Crippen LogP contribution is 2.32. The lowest BCUT2D eigenvalue weighted by molar-refractivity contribution is -0.124.